The Kier molecular flexibility index (Phi) is 5.56. The van der Waals surface area contributed by atoms with E-state index in [0.29, 0.717) is 18.0 Å². The number of hydrogen-bond donors (Lipinski definition) is 1. The summed E-state index contributed by atoms with van der Waals surface area (Å²) in [6.07, 6.45) is 1.73. The Morgan fingerprint density at radius 2 is 1.96 bits per heavy atom. The van der Waals surface area contributed by atoms with E-state index in [-0.39, 0.29) is 11.9 Å². The molecule has 2 aromatic heterocycles. The highest BCUT2D eigenvalue weighted by Gasteiger charge is 2.19. The van der Waals surface area contributed by atoms with E-state index in [4.69, 9.17) is 4.98 Å². The third kappa shape index (κ3) is 4.01. The van der Waals surface area contributed by atoms with E-state index < -0.39 is 0 Å². The van der Waals surface area contributed by atoms with Crippen LogP contribution in [0.5, 0.6) is 0 Å². The van der Waals surface area contributed by atoms with Crippen LogP contribution in [0.1, 0.15) is 24.2 Å². The fraction of sp³-hybridized carbons (Fsp3) is 0.381. The molecule has 0 saturated heterocycles. The van der Waals surface area contributed by atoms with Crippen LogP contribution in [0.2, 0.25) is 0 Å². The molecule has 6 heteroatoms. The van der Waals surface area contributed by atoms with Gasteiger partial charge in [-0.2, -0.15) is 5.10 Å². The summed E-state index contributed by atoms with van der Waals surface area (Å²) >= 11 is 0. The van der Waals surface area contributed by atoms with E-state index in [2.05, 4.69) is 29.2 Å². The predicted octanol–water partition coefficient (Wildman–Crippen LogP) is 2.95. The number of fused-ring (bicyclic) bond motifs is 1. The Hall–Kier alpha value is -2.73. The van der Waals surface area contributed by atoms with Gasteiger partial charge in [0.15, 0.2) is 0 Å². The lowest BCUT2D eigenvalue weighted by molar-refractivity contribution is 0.0936. The second-order valence-corrected chi connectivity index (χ2v) is 7.40. The smallest absolute Gasteiger partial charge is 0.252 e. The SMILES string of the molecule is CC(C)C(CNC(=O)c1cc(-c2ccnn2C)nc2ccccc12)N(C)C. The summed E-state index contributed by atoms with van der Waals surface area (Å²) < 4.78 is 1.76. The Morgan fingerprint density at radius 1 is 1.22 bits per heavy atom. The van der Waals surface area contributed by atoms with Crippen LogP contribution >= 0.6 is 0 Å². The van der Waals surface area contributed by atoms with E-state index in [1.54, 1.807) is 10.9 Å². The first-order valence-electron chi connectivity index (χ1n) is 9.21. The molecule has 0 aliphatic rings. The zero-order valence-corrected chi connectivity index (χ0v) is 16.6. The molecule has 3 aromatic rings. The summed E-state index contributed by atoms with van der Waals surface area (Å²) in [4.78, 5) is 19.9. The topological polar surface area (TPSA) is 63.1 Å². The summed E-state index contributed by atoms with van der Waals surface area (Å²) in [7, 11) is 5.95. The van der Waals surface area contributed by atoms with Crippen molar-refractivity contribution in [2.45, 2.75) is 19.9 Å². The van der Waals surface area contributed by atoms with Gasteiger partial charge in [-0.05, 0) is 38.2 Å². The fourth-order valence-corrected chi connectivity index (χ4v) is 3.43. The molecule has 0 radical (unpaired) electrons. The number of nitrogens with zero attached hydrogens (tertiary/aromatic N) is 4. The second kappa shape index (κ2) is 7.88. The van der Waals surface area contributed by atoms with Crippen molar-refractivity contribution in [3.05, 3.63) is 48.2 Å². The van der Waals surface area contributed by atoms with Gasteiger partial charge in [-0.15, -0.1) is 0 Å². The Labute approximate surface area is 160 Å². The molecule has 3 rings (SSSR count). The number of likely N-dealkylation sites (N-methyl/N-ethyl adjacent to an activating group) is 1. The van der Waals surface area contributed by atoms with Crippen LogP contribution in [0, 0.1) is 5.92 Å². The quantitative estimate of drug-likeness (QED) is 0.729. The molecule has 1 aromatic carbocycles. The maximum absolute atomic E-state index is 13.0. The van der Waals surface area contributed by atoms with Crippen molar-refractivity contribution in [2.24, 2.45) is 13.0 Å². The van der Waals surface area contributed by atoms with Gasteiger partial charge in [0.2, 0.25) is 0 Å². The van der Waals surface area contributed by atoms with Gasteiger partial charge < -0.3 is 10.2 Å². The summed E-state index contributed by atoms with van der Waals surface area (Å²) in [6.45, 7) is 4.93. The molecule has 0 fully saturated rings. The van der Waals surface area contributed by atoms with E-state index in [0.717, 1.165) is 22.3 Å². The minimum Gasteiger partial charge on any atom is -0.350 e. The number of hydrogen-bond acceptors (Lipinski definition) is 4. The van der Waals surface area contributed by atoms with Gasteiger partial charge in [-0.1, -0.05) is 32.0 Å². The fourth-order valence-electron chi connectivity index (χ4n) is 3.43. The average Bonchev–Trinajstić information content (AvgIpc) is 3.06. The Morgan fingerprint density at radius 3 is 2.59 bits per heavy atom. The molecule has 1 N–H and O–H groups in total. The monoisotopic (exact) mass is 365 g/mol. The highest BCUT2D eigenvalue weighted by atomic mass is 16.1. The van der Waals surface area contributed by atoms with Crippen LogP contribution in [-0.2, 0) is 7.05 Å². The molecule has 0 bridgehead atoms. The van der Waals surface area contributed by atoms with Gasteiger partial charge >= 0.3 is 0 Å². The molecule has 2 heterocycles. The zero-order chi connectivity index (χ0) is 19.6. The molecule has 0 aliphatic carbocycles. The molecule has 1 amide bonds. The molecule has 0 spiro atoms. The van der Waals surface area contributed by atoms with Gasteiger partial charge in [0.1, 0.15) is 0 Å². The number of para-hydroxylation sites is 1. The van der Waals surface area contributed by atoms with Crippen molar-refractivity contribution < 1.29 is 4.79 Å². The zero-order valence-electron chi connectivity index (χ0n) is 16.6. The molecule has 1 unspecified atom stereocenters. The van der Waals surface area contributed by atoms with Crippen molar-refractivity contribution in [3.63, 3.8) is 0 Å². The van der Waals surface area contributed by atoms with Crippen molar-refractivity contribution in [3.8, 4) is 11.4 Å². The van der Waals surface area contributed by atoms with E-state index in [9.17, 15) is 4.79 Å². The van der Waals surface area contributed by atoms with Crippen molar-refractivity contribution in [2.75, 3.05) is 20.6 Å². The highest BCUT2D eigenvalue weighted by Crippen LogP contribution is 2.24. The predicted molar refractivity (Wildman–Crippen MR) is 109 cm³/mol. The lowest BCUT2D eigenvalue weighted by Crippen LogP contribution is -2.43. The van der Waals surface area contributed by atoms with E-state index >= 15 is 0 Å². The largest absolute Gasteiger partial charge is 0.350 e. The average molecular weight is 365 g/mol. The number of rotatable bonds is 6. The first-order valence-corrected chi connectivity index (χ1v) is 9.21. The molecule has 0 aliphatic heterocycles. The molecule has 1 atom stereocenters. The third-order valence-corrected chi connectivity index (χ3v) is 4.95. The number of nitrogens with one attached hydrogen (secondary N) is 1. The molecule has 142 valence electrons. The van der Waals surface area contributed by atoms with E-state index in [1.807, 2.05) is 57.5 Å². The Bertz CT molecular complexity index is 937. The summed E-state index contributed by atoms with van der Waals surface area (Å²) in [5, 5.41) is 8.18. The van der Waals surface area contributed by atoms with E-state index in [1.165, 1.54) is 0 Å². The summed E-state index contributed by atoms with van der Waals surface area (Å²) in [5.41, 5.74) is 3.06. The standard InChI is InChI=1S/C21H27N5O/c1-14(2)20(25(3)4)13-22-21(27)16-12-18(19-10-11-23-26(19)5)24-17-9-7-6-8-15(16)17/h6-12,14,20H,13H2,1-5H3,(H,22,27). The first kappa shape index (κ1) is 19.0. The van der Waals surface area contributed by atoms with Gasteiger partial charge in [0.25, 0.3) is 5.91 Å². The van der Waals surface area contributed by atoms with Crippen LogP contribution in [-0.4, -0.2) is 52.3 Å². The van der Waals surface area contributed by atoms with Gasteiger partial charge in [-0.25, -0.2) is 4.98 Å². The molecular formula is C21H27N5O. The number of amides is 1. The molecule has 27 heavy (non-hydrogen) atoms. The van der Waals surface area contributed by atoms with Crippen molar-refractivity contribution in [1.29, 1.82) is 0 Å². The minimum atomic E-state index is -0.0791. The van der Waals surface area contributed by atoms with Crippen LogP contribution < -0.4 is 5.32 Å². The maximum atomic E-state index is 13.0. The number of aryl methyl sites for hydroxylation is 1. The van der Waals surface area contributed by atoms with Crippen LogP contribution in [0.4, 0.5) is 0 Å². The van der Waals surface area contributed by atoms with Gasteiger partial charge in [-0.3, -0.25) is 9.48 Å². The van der Waals surface area contributed by atoms with Crippen molar-refractivity contribution in [1.82, 2.24) is 25.0 Å². The third-order valence-electron chi connectivity index (χ3n) is 4.95. The first-order chi connectivity index (χ1) is 12.9. The normalized spacial score (nSPS) is 12.7. The summed E-state index contributed by atoms with van der Waals surface area (Å²) in [6, 6.07) is 11.8. The maximum Gasteiger partial charge on any atom is 0.252 e. The number of pyridine rings is 1. The van der Waals surface area contributed by atoms with Gasteiger partial charge in [0.05, 0.1) is 22.5 Å². The number of benzene rings is 1. The minimum absolute atomic E-state index is 0.0791. The molecular weight excluding hydrogens is 338 g/mol. The van der Waals surface area contributed by atoms with Crippen LogP contribution in [0.25, 0.3) is 22.3 Å². The lowest BCUT2D eigenvalue weighted by atomic mass is 10.0. The van der Waals surface area contributed by atoms with Crippen LogP contribution in [0.15, 0.2) is 42.6 Å². The summed E-state index contributed by atoms with van der Waals surface area (Å²) in [5.74, 6) is 0.365. The lowest BCUT2D eigenvalue weighted by Gasteiger charge is -2.28. The van der Waals surface area contributed by atoms with Crippen molar-refractivity contribution >= 4 is 16.8 Å². The molecule has 0 saturated carbocycles. The Balaban J connectivity index is 1.97. The number of carbonyl (C=O) groups is 1. The number of aromatic nitrogens is 3. The second-order valence-electron chi connectivity index (χ2n) is 7.40. The highest BCUT2D eigenvalue weighted by molar-refractivity contribution is 6.07. The molecule has 6 nitrogen and oxygen atoms in total. The van der Waals surface area contributed by atoms with Gasteiger partial charge in [0, 0.05) is 31.2 Å². The number of carbonyl (C=O) groups excluding carboxylic acids is 1. The van der Waals surface area contributed by atoms with Crippen LogP contribution in [0.3, 0.4) is 0 Å².